The summed E-state index contributed by atoms with van der Waals surface area (Å²) in [6.45, 7) is 0.901. The van der Waals surface area contributed by atoms with E-state index < -0.39 is 21.0 Å². The van der Waals surface area contributed by atoms with Crippen molar-refractivity contribution < 1.29 is 23.1 Å². The largest absolute Gasteiger partial charge is 0.388 e. The SMILES string of the molecule is CN(C)C1(c2ccccc2)CCC2(CC1)CN(CC(=O)CC1CCS(=O)(=O)CC1)C(=O)N2CC1(O)CCC1. The predicted molar refractivity (Wildman–Crippen MR) is 146 cm³/mol. The Bertz CT molecular complexity index is 1130. The highest BCUT2D eigenvalue weighted by atomic mass is 32.2. The normalized spacial score (nSPS) is 28.6. The van der Waals surface area contributed by atoms with E-state index in [4.69, 9.17) is 0 Å². The van der Waals surface area contributed by atoms with E-state index in [-0.39, 0.29) is 41.3 Å². The summed E-state index contributed by atoms with van der Waals surface area (Å²) in [5.41, 5.74) is -0.0456. The summed E-state index contributed by atoms with van der Waals surface area (Å²) in [5.74, 6) is 0.381. The highest BCUT2D eigenvalue weighted by molar-refractivity contribution is 7.91. The van der Waals surface area contributed by atoms with Crippen molar-refractivity contribution in [3.8, 4) is 0 Å². The van der Waals surface area contributed by atoms with Crippen LogP contribution in [0.3, 0.4) is 0 Å². The van der Waals surface area contributed by atoms with Crippen LogP contribution in [0.2, 0.25) is 0 Å². The lowest BCUT2D eigenvalue weighted by Gasteiger charge is -2.52. The molecule has 0 unspecified atom stereocenters. The molecular formula is C29H43N3O5S. The number of carbonyl (C=O) groups excluding carboxylic acids is 2. The predicted octanol–water partition coefficient (Wildman–Crippen LogP) is 3.19. The number of carbonyl (C=O) groups is 2. The number of benzene rings is 1. The van der Waals surface area contributed by atoms with Gasteiger partial charge in [-0.2, -0.15) is 0 Å². The second-order valence-corrected chi connectivity index (χ2v) is 15.0. The Kier molecular flexibility index (Phi) is 7.41. The number of urea groups is 1. The zero-order valence-electron chi connectivity index (χ0n) is 22.9. The standard InChI is InChI=1S/C29H43N3O5S/c1-30(2)29(24-7-4-3-5-8-24)15-13-27(14-16-29)21-31(26(34)32(27)22-28(35)11-6-12-28)20-25(33)19-23-9-17-38(36,37)18-10-23/h3-5,7-8,23,35H,6,9-22H2,1-2H3. The fourth-order valence-electron chi connectivity index (χ4n) is 7.32. The molecular weight excluding hydrogens is 502 g/mol. The number of rotatable bonds is 8. The van der Waals surface area contributed by atoms with Crippen LogP contribution in [-0.2, 0) is 20.2 Å². The first-order chi connectivity index (χ1) is 18.0. The Balaban J connectivity index is 1.32. The molecule has 2 aliphatic carbocycles. The molecule has 1 N–H and O–H groups in total. The van der Waals surface area contributed by atoms with E-state index >= 15 is 0 Å². The van der Waals surface area contributed by atoms with E-state index in [1.54, 1.807) is 4.90 Å². The molecule has 2 aliphatic heterocycles. The molecule has 2 saturated heterocycles. The second-order valence-electron chi connectivity index (χ2n) is 12.7. The highest BCUT2D eigenvalue weighted by Crippen LogP contribution is 2.50. The first-order valence-electron chi connectivity index (χ1n) is 14.2. The first kappa shape index (κ1) is 27.6. The van der Waals surface area contributed by atoms with Crippen LogP contribution in [-0.4, -0.2) is 96.4 Å². The Hall–Kier alpha value is -1.97. The van der Waals surface area contributed by atoms with Gasteiger partial charge in [0, 0.05) is 18.5 Å². The summed E-state index contributed by atoms with van der Waals surface area (Å²) in [4.78, 5) is 32.8. The van der Waals surface area contributed by atoms with Gasteiger partial charge in [-0.05, 0) is 83.4 Å². The van der Waals surface area contributed by atoms with Crippen LogP contribution < -0.4 is 0 Å². The molecule has 5 rings (SSSR count). The van der Waals surface area contributed by atoms with Crippen molar-refractivity contribution in [3.63, 3.8) is 0 Å². The average Bonchev–Trinajstić information content (AvgIpc) is 3.10. The zero-order valence-corrected chi connectivity index (χ0v) is 23.7. The molecule has 8 nitrogen and oxygen atoms in total. The van der Waals surface area contributed by atoms with Gasteiger partial charge in [0.05, 0.1) is 35.7 Å². The molecule has 0 atom stereocenters. The van der Waals surface area contributed by atoms with Crippen molar-refractivity contribution in [1.29, 1.82) is 0 Å². The van der Waals surface area contributed by atoms with Crippen molar-refractivity contribution in [2.75, 3.05) is 45.2 Å². The van der Waals surface area contributed by atoms with E-state index in [9.17, 15) is 23.1 Å². The minimum Gasteiger partial charge on any atom is -0.388 e. The van der Waals surface area contributed by atoms with Gasteiger partial charge in [0.2, 0.25) is 0 Å². The molecule has 0 aromatic heterocycles. The van der Waals surface area contributed by atoms with Crippen LogP contribution in [0.5, 0.6) is 0 Å². The summed E-state index contributed by atoms with van der Waals surface area (Å²) in [6, 6.07) is 10.4. The first-order valence-corrected chi connectivity index (χ1v) is 16.0. The van der Waals surface area contributed by atoms with E-state index in [0.29, 0.717) is 45.2 Å². The Morgan fingerprint density at radius 1 is 1.03 bits per heavy atom. The van der Waals surface area contributed by atoms with Gasteiger partial charge >= 0.3 is 6.03 Å². The van der Waals surface area contributed by atoms with Crippen molar-refractivity contribution in [2.45, 2.75) is 80.9 Å². The highest BCUT2D eigenvalue weighted by Gasteiger charge is 2.56. The molecule has 210 valence electrons. The zero-order chi connectivity index (χ0) is 27.2. The number of sulfone groups is 1. The molecule has 2 heterocycles. The Labute approximate surface area is 227 Å². The maximum absolute atomic E-state index is 13.8. The fourth-order valence-corrected chi connectivity index (χ4v) is 8.91. The number of aliphatic hydroxyl groups is 1. The summed E-state index contributed by atoms with van der Waals surface area (Å²) < 4.78 is 23.5. The lowest BCUT2D eigenvalue weighted by atomic mass is 9.67. The van der Waals surface area contributed by atoms with Crippen LogP contribution in [0.15, 0.2) is 30.3 Å². The van der Waals surface area contributed by atoms with Crippen LogP contribution in [0.4, 0.5) is 4.79 Å². The molecule has 2 saturated carbocycles. The summed E-state index contributed by atoms with van der Waals surface area (Å²) in [5, 5.41) is 11.1. The van der Waals surface area contributed by atoms with Crippen molar-refractivity contribution in [3.05, 3.63) is 35.9 Å². The molecule has 0 bridgehead atoms. The fraction of sp³-hybridized carbons (Fsp3) is 0.724. The molecule has 4 fully saturated rings. The third kappa shape index (κ3) is 5.26. The van der Waals surface area contributed by atoms with E-state index in [1.807, 2.05) is 11.0 Å². The Morgan fingerprint density at radius 2 is 1.66 bits per heavy atom. The molecule has 9 heteroatoms. The van der Waals surface area contributed by atoms with Gasteiger partial charge in [0.1, 0.15) is 9.84 Å². The van der Waals surface area contributed by atoms with Gasteiger partial charge < -0.3 is 14.9 Å². The third-order valence-corrected chi connectivity index (χ3v) is 11.7. The number of hydrogen-bond acceptors (Lipinski definition) is 6. The average molecular weight is 546 g/mol. The number of hydrogen-bond donors (Lipinski definition) is 1. The van der Waals surface area contributed by atoms with Gasteiger partial charge in [-0.1, -0.05) is 30.3 Å². The quantitative estimate of drug-likeness (QED) is 0.539. The number of β-amino-alcohol motifs (C(OH)–C–C–N with tert-alkyl or cyclic N) is 1. The number of Topliss-reactive ketones (excluding diaryl/α,β-unsaturated/α-hetero) is 1. The third-order valence-electron chi connectivity index (χ3n) is 10.0. The van der Waals surface area contributed by atoms with Gasteiger partial charge in [0.15, 0.2) is 5.78 Å². The minimum atomic E-state index is -2.97. The van der Waals surface area contributed by atoms with Crippen LogP contribution in [0.25, 0.3) is 0 Å². The molecule has 1 aromatic rings. The summed E-state index contributed by atoms with van der Waals surface area (Å²) >= 11 is 0. The van der Waals surface area contributed by atoms with Crippen LogP contribution >= 0.6 is 0 Å². The number of amides is 2. The second kappa shape index (κ2) is 10.2. The molecule has 38 heavy (non-hydrogen) atoms. The molecule has 0 radical (unpaired) electrons. The maximum atomic E-state index is 13.8. The van der Waals surface area contributed by atoms with E-state index in [0.717, 1.165) is 32.1 Å². The van der Waals surface area contributed by atoms with E-state index in [2.05, 4.69) is 43.3 Å². The maximum Gasteiger partial charge on any atom is 0.321 e. The topological polar surface area (TPSA) is 98.2 Å². The monoisotopic (exact) mass is 545 g/mol. The smallest absolute Gasteiger partial charge is 0.321 e. The van der Waals surface area contributed by atoms with Crippen molar-refractivity contribution in [2.24, 2.45) is 5.92 Å². The Morgan fingerprint density at radius 3 is 2.21 bits per heavy atom. The van der Waals surface area contributed by atoms with Gasteiger partial charge in [-0.15, -0.1) is 0 Å². The summed E-state index contributed by atoms with van der Waals surface area (Å²) in [7, 11) is 1.28. The lowest BCUT2D eigenvalue weighted by Crippen LogP contribution is -2.59. The molecule has 2 amide bonds. The van der Waals surface area contributed by atoms with Crippen LogP contribution in [0, 0.1) is 5.92 Å². The van der Waals surface area contributed by atoms with Gasteiger partial charge in [-0.25, -0.2) is 13.2 Å². The minimum absolute atomic E-state index is 0.00439. The number of nitrogens with zero attached hydrogens (tertiary/aromatic N) is 3. The van der Waals surface area contributed by atoms with Gasteiger partial charge in [0.25, 0.3) is 0 Å². The van der Waals surface area contributed by atoms with Crippen LogP contribution in [0.1, 0.15) is 69.8 Å². The van der Waals surface area contributed by atoms with Gasteiger partial charge in [-0.3, -0.25) is 9.69 Å². The molecule has 4 aliphatic rings. The van der Waals surface area contributed by atoms with E-state index in [1.165, 1.54) is 5.56 Å². The summed E-state index contributed by atoms with van der Waals surface area (Å²) in [6.07, 6.45) is 7.18. The molecule has 1 spiro atoms. The van der Waals surface area contributed by atoms with Crippen molar-refractivity contribution in [1.82, 2.24) is 14.7 Å². The lowest BCUT2D eigenvalue weighted by molar-refractivity contribution is -0.120. The molecule has 1 aromatic carbocycles. The van der Waals surface area contributed by atoms with Crippen molar-refractivity contribution >= 4 is 21.7 Å². The number of ketones is 1.